The van der Waals surface area contributed by atoms with Crippen LogP contribution in [-0.2, 0) is 0 Å². The average Bonchev–Trinajstić information content (AvgIpc) is 2.72. The Morgan fingerprint density at radius 2 is 1.74 bits per heavy atom. The largest absolute Gasteiger partial charge is 0.492 e. The molecule has 96 valence electrons. The van der Waals surface area contributed by atoms with Gasteiger partial charge in [0.05, 0.1) is 5.56 Å². The van der Waals surface area contributed by atoms with Gasteiger partial charge in [0.15, 0.2) is 0 Å². The third kappa shape index (κ3) is 2.59. The van der Waals surface area contributed by atoms with Crippen LogP contribution in [0.3, 0.4) is 0 Å². The smallest absolute Gasteiger partial charge is 0.363 e. The summed E-state index contributed by atoms with van der Waals surface area (Å²) in [6.45, 7) is 0. The van der Waals surface area contributed by atoms with Crippen LogP contribution >= 0.6 is 0 Å². The maximum atomic E-state index is 11.7. The molecule has 0 bridgehead atoms. The summed E-state index contributed by atoms with van der Waals surface area (Å²) in [6.07, 6.45) is 0. The third-order valence-electron chi connectivity index (χ3n) is 2.24. The molecule has 2 N–H and O–H groups in total. The van der Waals surface area contributed by atoms with Gasteiger partial charge in [-0.15, -0.1) is 4.73 Å². The van der Waals surface area contributed by atoms with Crippen molar-refractivity contribution in [2.75, 3.05) is 0 Å². The number of hydrogen-bond donors (Lipinski definition) is 2. The predicted octanol–water partition coefficient (Wildman–Crippen LogP) is 2.11. The van der Waals surface area contributed by atoms with Crippen LogP contribution in [0.5, 0.6) is 11.8 Å². The molecule has 0 aliphatic heterocycles. The van der Waals surface area contributed by atoms with Crippen molar-refractivity contribution < 1.29 is 19.8 Å². The Morgan fingerprint density at radius 3 is 2.26 bits per heavy atom. The lowest BCUT2D eigenvalue weighted by molar-refractivity contribution is 0.0382. The maximum absolute atomic E-state index is 11.7. The third-order valence-corrected chi connectivity index (χ3v) is 2.24. The van der Waals surface area contributed by atoms with Crippen LogP contribution in [0.15, 0.2) is 41.5 Å². The molecule has 0 unspecified atom stereocenters. The molecule has 0 aliphatic rings. The molecule has 2 rings (SSSR count). The molecule has 0 radical (unpaired) electrons. The summed E-state index contributed by atoms with van der Waals surface area (Å²) in [5.74, 6) is -1.60. The molecule has 1 heterocycles. The van der Waals surface area contributed by atoms with Gasteiger partial charge in [-0.25, -0.2) is 4.79 Å². The summed E-state index contributed by atoms with van der Waals surface area (Å²) >= 11 is 0. The Morgan fingerprint density at radius 1 is 1.16 bits per heavy atom. The van der Waals surface area contributed by atoms with Crippen LogP contribution in [0, 0.1) is 0 Å². The van der Waals surface area contributed by atoms with Gasteiger partial charge >= 0.3 is 5.97 Å². The molecule has 0 spiro atoms. The second kappa shape index (κ2) is 5.03. The Labute approximate surface area is 106 Å². The van der Waals surface area contributed by atoms with Crippen molar-refractivity contribution in [1.82, 2.24) is 4.73 Å². The number of benzene rings is 1. The molecule has 19 heavy (non-hydrogen) atoms. The highest BCUT2D eigenvalue weighted by atomic mass is 16.7. The number of aromatic nitrogens is 1. The Kier molecular flexibility index (Phi) is 3.26. The zero-order chi connectivity index (χ0) is 13.8. The molecule has 0 aliphatic carbocycles. The van der Waals surface area contributed by atoms with Gasteiger partial charge in [-0.05, 0) is 17.7 Å². The lowest BCUT2D eigenvalue weighted by Crippen LogP contribution is -2.18. The van der Waals surface area contributed by atoms with Gasteiger partial charge in [0.25, 0.3) is 0 Å². The quantitative estimate of drug-likeness (QED) is 0.498. The van der Waals surface area contributed by atoms with Gasteiger partial charge in [0.1, 0.15) is 0 Å². The number of hydrogen-bond acceptors (Lipinski definition) is 5. The van der Waals surface area contributed by atoms with E-state index in [1.54, 1.807) is 0 Å². The van der Waals surface area contributed by atoms with Crippen molar-refractivity contribution in [3.8, 4) is 11.8 Å². The molecule has 8 heteroatoms. The summed E-state index contributed by atoms with van der Waals surface area (Å²) in [7, 11) is 0. The molecule has 1 aromatic heterocycles. The van der Waals surface area contributed by atoms with E-state index >= 15 is 0 Å². The summed E-state index contributed by atoms with van der Waals surface area (Å²) in [5.41, 5.74) is 8.76. The minimum absolute atomic E-state index is 0.171. The molecule has 0 amide bonds. The van der Waals surface area contributed by atoms with Crippen molar-refractivity contribution >= 4 is 11.7 Å². The van der Waals surface area contributed by atoms with E-state index in [0.29, 0.717) is 10.4 Å². The summed E-state index contributed by atoms with van der Waals surface area (Å²) in [6, 6.07) is 8.01. The minimum Gasteiger partial charge on any atom is -0.492 e. The van der Waals surface area contributed by atoms with Crippen molar-refractivity contribution in [3.05, 3.63) is 52.4 Å². The Balaban J connectivity index is 2.18. The fraction of sp³-hybridized carbons (Fsp3) is 0. The first kappa shape index (κ1) is 12.3. The van der Waals surface area contributed by atoms with Crippen LogP contribution in [0.25, 0.3) is 10.4 Å². The van der Waals surface area contributed by atoms with Crippen LogP contribution in [0.4, 0.5) is 5.69 Å². The number of carbonyl (C=O) groups is 1. The second-order valence-electron chi connectivity index (χ2n) is 3.46. The van der Waals surface area contributed by atoms with Crippen LogP contribution in [0.2, 0.25) is 0 Å². The number of aromatic hydroxyl groups is 2. The van der Waals surface area contributed by atoms with Gasteiger partial charge in [0, 0.05) is 22.7 Å². The predicted molar refractivity (Wildman–Crippen MR) is 63.9 cm³/mol. The van der Waals surface area contributed by atoms with Gasteiger partial charge < -0.3 is 15.1 Å². The summed E-state index contributed by atoms with van der Waals surface area (Å²) in [4.78, 5) is 19.1. The Bertz CT molecular complexity index is 636. The average molecular weight is 260 g/mol. The van der Waals surface area contributed by atoms with E-state index in [9.17, 15) is 15.0 Å². The van der Waals surface area contributed by atoms with Crippen molar-refractivity contribution in [3.63, 3.8) is 0 Å². The topological polar surface area (TPSA) is 120 Å². The highest BCUT2D eigenvalue weighted by Gasteiger charge is 2.13. The molecule has 1 aromatic carbocycles. The zero-order valence-electron chi connectivity index (χ0n) is 9.46. The van der Waals surface area contributed by atoms with E-state index in [0.717, 1.165) is 0 Å². The van der Waals surface area contributed by atoms with Crippen LogP contribution in [-0.4, -0.2) is 20.9 Å². The molecule has 0 saturated carbocycles. The van der Waals surface area contributed by atoms with Crippen molar-refractivity contribution in [2.45, 2.75) is 0 Å². The van der Waals surface area contributed by atoms with E-state index in [2.05, 4.69) is 10.0 Å². The first-order chi connectivity index (χ1) is 9.11. The fourth-order valence-corrected chi connectivity index (χ4v) is 1.35. The second-order valence-corrected chi connectivity index (χ2v) is 3.46. The molecular weight excluding hydrogens is 252 g/mol. The van der Waals surface area contributed by atoms with E-state index in [1.165, 1.54) is 36.4 Å². The highest BCUT2D eigenvalue weighted by Crippen LogP contribution is 2.20. The molecule has 0 fully saturated rings. The highest BCUT2D eigenvalue weighted by molar-refractivity contribution is 5.90. The number of azide groups is 1. The Hall–Kier alpha value is -3.12. The standard InChI is InChI=1S/C11H8N4O4/c12-14-13-8-3-1-7(2-4-8)11(18)19-15-9(16)5-6-10(15)17/h1-6,16-17H. The maximum Gasteiger partial charge on any atom is 0.363 e. The number of nitrogens with zero attached hydrogens (tertiary/aromatic N) is 4. The summed E-state index contributed by atoms with van der Waals surface area (Å²) in [5, 5.41) is 22.0. The van der Waals surface area contributed by atoms with Gasteiger partial charge in [0.2, 0.25) is 11.8 Å². The SMILES string of the molecule is [N-]=[N+]=Nc1ccc(C(=O)On2c(O)ccc2O)cc1. The van der Waals surface area contributed by atoms with E-state index in [1.807, 2.05) is 0 Å². The van der Waals surface area contributed by atoms with Crippen molar-refractivity contribution in [1.29, 1.82) is 0 Å². The normalized spacial score (nSPS) is 9.68. The molecule has 0 atom stereocenters. The molecule has 0 saturated heterocycles. The first-order valence-electron chi connectivity index (χ1n) is 5.09. The van der Waals surface area contributed by atoms with Gasteiger partial charge in [-0.3, -0.25) is 0 Å². The lowest BCUT2D eigenvalue weighted by Gasteiger charge is -2.06. The van der Waals surface area contributed by atoms with E-state index in [4.69, 9.17) is 10.4 Å². The molecular formula is C11H8N4O4. The monoisotopic (exact) mass is 260 g/mol. The van der Waals surface area contributed by atoms with Crippen LogP contribution < -0.4 is 4.84 Å². The summed E-state index contributed by atoms with van der Waals surface area (Å²) < 4.78 is 0.587. The van der Waals surface area contributed by atoms with Crippen molar-refractivity contribution in [2.24, 2.45) is 5.11 Å². The lowest BCUT2D eigenvalue weighted by atomic mass is 10.2. The minimum atomic E-state index is -0.783. The zero-order valence-corrected chi connectivity index (χ0v) is 9.46. The fourth-order valence-electron chi connectivity index (χ4n) is 1.35. The first-order valence-corrected chi connectivity index (χ1v) is 5.09. The van der Waals surface area contributed by atoms with E-state index in [-0.39, 0.29) is 5.56 Å². The van der Waals surface area contributed by atoms with Gasteiger partial charge in [-0.1, -0.05) is 17.2 Å². The number of rotatable bonds is 3. The van der Waals surface area contributed by atoms with E-state index < -0.39 is 17.7 Å². The van der Waals surface area contributed by atoms with Gasteiger partial charge in [-0.2, -0.15) is 0 Å². The number of carbonyl (C=O) groups excluding carboxylic acids is 1. The molecule has 2 aromatic rings. The molecule has 8 nitrogen and oxygen atoms in total. The van der Waals surface area contributed by atoms with Crippen LogP contribution in [0.1, 0.15) is 10.4 Å².